The third kappa shape index (κ3) is 4.48. The molecule has 0 amide bonds. The number of nitrogens with zero attached hydrogens (tertiary/aromatic N) is 2. The molecule has 0 radical (unpaired) electrons. The van der Waals surface area contributed by atoms with Gasteiger partial charge in [-0.1, -0.05) is 63.3 Å². The second-order valence-corrected chi connectivity index (χ2v) is 9.53. The Morgan fingerprint density at radius 3 is 2.42 bits per heavy atom. The van der Waals surface area contributed by atoms with Crippen molar-refractivity contribution in [2.75, 3.05) is 0 Å². The molecule has 1 aliphatic carbocycles. The molecular weight excluding hydrogens is 384 g/mol. The summed E-state index contributed by atoms with van der Waals surface area (Å²) in [7, 11) is 0. The van der Waals surface area contributed by atoms with Gasteiger partial charge in [0.25, 0.3) is 0 Å². The largest absolute Gasteiger partial charge is 0.478 e. The van der Waals surface area contributed by atoms with E-state index in [0.29, 0.717) is 5.56 Å². The Hall–Kier alpha value is -3.14. The molecule has 31 heavy (non-hydrogen) atoms. The van der Waals surface area contributed by atoms with Crippen LogP contribution in [0.5, 0.6) is 0 Å². The van der Waals surface area contributed by atoms with Gasteiger partial charge in [-0.15, -0.1) is 0 Å². The maximum Gasteiger partial charge on any atom is 0.335 e. The van der Waals surface area contributed by atoms with Crippen LogP contribution in [-0.2, 0) is 17.4 Å². The van der Waals surface area contributed by atoms with Gasteiger partial charge in [0, 0.05) is 18.9 Å². The Morgan fingerprint density at radius 1 is 1.03 bits per heavy atom. The summed E-state index contributed by atoms with van der Waals surface area (Å²) in [5, 5.41) is 13.5. The first-order chi connectivity index (χ1) is 14.8. The van der Waals surface area contributed by atoms with Gasteiger partial charge < -0.3 is 5.11 Å². The van der Waals surface area contributed by atoms with Crippen LogP contribution < -0.4 is 0 Å². The summed E-state index contributed by atoms with van der Waals surface area (Å²) in [6.45, 7) is 8.00. The number of hydrogen-bond donors (Lipinski definition) is 1. The second-order valence-electron chi connectivity index (χ2n) is 9.53. The third-order valence-electron chi connectivity index (χ3n) is 6.80. The number of rotatable bonds is 6. The smallest absolute Gasteiger partial charge is 0.335 e. The number of carbonyl (C=O) groups is 1. The highest BCUT2D eigenvalue weighted by molar-refractivity contribution is 5.88. The van der Waals surface area contributed by atoms with Crippen LogP contribution in [0, 0.1) is 0 Å². The topological polar surface area (TPSA) is 55.1 Å². The highest BCUT2D eigenvalue weighted by Gasteiger charge is 2.39. The molecule has 1 aromatic heterocycles. The average Bonchev–Trinajstić information content (AvgIpc) is 3.28. The third-order valence-corrected chi connectivity index (χ3v) is 6.80. The van der Waals surface area contributed by atoms with E-state index in [1.165, 1.54) is 23.1 Å². The number of aromatic nitrogens is 2. The van der Waals surface area contributed by atoms with Crippen molar-refractivity contribution in [3.63, 3.8) is 0 Å². The highest BCUT2D eigenvalue weighted by atomic mass is 16.4. The molecule has 0 spiro atoms. The van der Waals surface area contributed by atoms with E-state index >= 15 is 0 Å². The van der Waals surface area contributed by atoms with E-state index in [0.717, 1.165) is 24.9 Å². The summed E-state index contributed by atoms with van der Waals surface area (Å²) in [4.78, 5) is 11.0. The monoisotopic (exact) mass is 414 g/mol. The molecule has 1 heterocycles. The minimum Gasteiger partial charge on any atom is -0.478 e. The van der Waals surface area contributed by atoms with Crippen LogP contribution in [0.25, 0.3) is 12.2 Å². The van der Waals surface area contributed by atoms with Gasteiger partial charge in [-0.25, -0.2) is 4.79 Å². The molecule has 1 aliphatic rings. The van der Waals surface area contributed by atoms with Crippen LogP contribution >= 0.6 is 0 Å². The molecule has 0 saturated carbocycles. The summed E-state index contributed by atoms with van der Waals surface area (Å²) < 4.78 is 2.02. The number of benzene rings is 2. The molecule has 0 bridgehead atoms. The Labute approximate surface area is 184 Å². The Kier molecular flexibility index (Phi) is 5.57. The molecule has 2 aromatic carbocycles. The molecule has 4 rings (SSSR count). The zero-order valence-electron chi connectivity index (χ0n) is 18.5. The van der Waals surface area contributed by atoms with E-state index in [-0.39, 0.29) is 10.8 Å². The quantitative estimate of drug-likeness (QED) is 0.491. The Bertz CT molecular complexity index is 1090. The zero-order valence-corrected chi connectivity index (χ0v) is 18.5. The fraction of sp³-hybridized carbons (Fsp3) is 0.333. The van der Waals surface area contributed by atoms with E-state index in [4.69, 9.17) is 5.11 Å². The predicted molar refractivity (Wildman–Crippen MR) is 125 cm³/mol. The lowest BCUT2D eigenvalue weighted by atomic mass is 9.61. The Morgan fingerprint density at radius 2 is 1.74 bits per heavy atom. The van der Waals surface area contributed by atoms with Crippen molar-refractivity contribution in [3.05, 3.63) is 88.7 Å². The molecule has 4 nitrogen and oxygen atoms in total. The maximum atomic E-state index is 11.0. The molecule has 4 heteroatoms. The average molecular weight is 415 g/mol. The number of fused-ring (bicyclic) bond motifs is 1. The van der Waals surface area contributed by atoms with E-state index in [1.807, 2.05) is 41.4 Å². The van der Waals surface area contributed by atoms with Crippen LogP contribution in [0.3, 0.4) is 0 Å². The van der Waals surface area contributed by atoms with Gasteiger partial charge in [-0.05, 0) is 70.5 Å². The molecule has 160 valence electrons. The number of aromatic carboxylic acids is 1. The standard InChI is InChI=1S/C27H30N2O2/c1-26(2)13-14-27(3,15-18-29-17-4-16-28-29)24-19-21(9-12-23(24)26)6-5-20-7-10-22(11-8-20)25(30)31/h4-12,16-17,19H,13-15,18H2,1-3H3,(H,30,31)/b6-5+. The molecular formula is C27H30N2O2. The molecule has 1 N–H and O–H groups in total. The van der Waals surface area contributed by atoms with Gasteiger partial charge in [-0.3, -0.25) is 4.68 Å². The number of hydrogen-bond acceptors (Lipinski definition) is 2. The predicted octanol–water partition coefficient (Wildman–Crippen LogP) is 6.17. The molecule has 0 aliphatic heterocycles. The van der Waals surface area contributed by atoms with Crippen molar-refractivity contribution in [3.8, 4) is 0 Å². The second kappa shape index (κ2) is 8.18. The number of carboxylic acids is 1. The van der Waals surface area contributed by atoms with Crippen molar-refractivity contribution in [2.45, 2.75) is 57.4 Å². The maximum absolute atomic E-state index is 11.0. The van der Waals surface area contributed by atoms with E-state index < -0.39 is 5.97 Å². The van der Waals surface area contributed by atoms with Crippen LogP contribution in [0.4, 0.5) is 0 Å². The lowest BCUT2D eigenvalue weighted by molar-refractivity contribution is 0.0697. The number of aryl methyl sites for hydroxylation is 1. The van der Waals surface area contributed by atoms with Crippen LogP contribution in [-0.4, -0.2) is 20.9 Å². The molecule has 1 atom stereocenters. The first-order valence-electron chi connectivity index (χ1n) is 10.9. The van der Waals surface area contributed by atoms with Crippen LogP contribution in [0.2, 0.25) is 0 Å². The minimum atomic E-state index is -0.901. The van der Waals surface area contributed by atoms with Gasteiger partial charge >= 0.3 is 5.97 Å². The molecule has 3 aromatic rings. The lowest BCUT2D eigenvalue weighted by Crippen LogP contribution is -2.36. The number of carboxylic acid groups (broad SMARTS) is 1. The SMILES string of the molecule is CC1(C)CCC(C)(CCn2cccn2)c2cc(/C=C/c3ccc(C(=O)O)cc3)ccc21. The minimum absolute atomic E-state index is 0.115. The van der Waals surface area contributed by atoms with Crippen molar-refractivity contribution in [2.24, 2.45) is 0 Å². The highest BCUT2D eigenvalue weighted by Crippen LogP contribution is 2.48. The Balaban J connectivity index is 1.62. The summed E-state index contributed by atoms with van der Waals surface area (Å²) in [6, 6.07) is 15.8. The van der Waals surface area contributed by atoms with Crippen LogP contribution in [0.15, 0.2) is 60.9 Å². The van der Waals surface area contributed by atoms with E-state index in [1.54, 1.807) is 12.1 Å². The molecule has 0 saturated heterocycles. The van der Waals surface area contributed by atoms with Gasteiger partial charge in [0.15, 0.2) is 0 Å². The summed E-state index contributed by atoms with van der Waals surface area (Å²) in [5.41, 5.74) is 5.65. The van der Waals surface area contributed by atoms with Crippen molar-refractivity contribution < 1.29 is 9.90 Å². The molecule has 1 unspecified atom stereocenters. The fourth-order valence-electron chi connectivity index (χ4n) is 4.60. The van der Waals surface area contributed by atoms with Crippen molar-refractivity contribution in [1.82, 2.24) is 9.78 Å². The van der Waals surface area contributed by atoms with Crippen molar-refractivity contribution in [1.29, 1.82) is 0 Å². The van der Waals surface area contributed by atoms with E-state index in [9.17, 15) is 4.79 Å². The van der Waals surface area contributed by atoms with Crippen LogP contribution in [0.1, 0.15) is 72.6 Å². The van der Waals surface area contributed by atoms with Crippen molar-refractivity contribution >= 4 is 18.1 Å². The van der Waals surface area contributed by atoms with Gasteiger partial charge in [0.1, 0.15) is 0 Å². The lowest BCUT2D eigenvalue weighted by Gasteiger charge is -2.44. The van der Waals surface area contributed by atoms with E-state index in [2.05, 4.69) is 50.1 Å². The fourth-order valence-corrected chi connectivity index (χ4v) is 4.60. The first kappa shape index (κ1) is 21.1. The van der Waals surface area contributed by atoms with Gasteiger partial charge in [0.05, 0.1) is 5.56 Å². The summed E-state index contributed by atoms with van der Waals surface area (Å²) in [5.74, 6) is -0.901. The first-order valence-corrected chi connectivity index (χ1v) is 10.9. The van der Waals surface area contributed by atoms with Gasteiger partial charge in [-0.2, -0.15) is 5.10 Å². The normalized spacial score (nSPS) is 20.0. The zero-order chi connectivity index (χ0) is 22.1. The molecule has 0 fully saturated rings. The van der Waals surface area contributed by atoms with Gasteiger partial charge in [0.2, 0.25) is 0 Å². The summed E-state index contributed by atoms with van der Waals surface area (Å²) >= 11 is 0. The summed E-state index contributed by atoms with van der Waals surface area (Å²) in [6.07, 6.45) is 11.4.